The van der Waals surface area contributed by atoms with Crippen molar-refractivity contribution in [2.75, 3.05) is 85.1 Å². The Hall–Kier alpha value is -2.58. The van der Waals surface area contributed by atoms with Crippen LogP contribution in [0.3, 0.4) is 0 Å². The summed E-state index contributed by atoms with van der Waals surface area (Å²) in [6.45, 7) is 11.6. The number of carbonyl (C=O) groups is 4. The van der Waals surface area contributed by atoms with Crippen molar-refractivity contribution >= 4 is 23.6 Å². The molecule has 4 heterocycles. The van der Waals surface area contributed by atoms with Gasteiger partial charge in [-0.2, -0.15) is 0 Å². The van der Waals surface area contributed by atoms with Crippen LogP contribution in [0.5, 0.6) is 0 Å². The Morgan fingerprint density at radius 1 is 0.842 bits per heavy atom. The zero-order valence-electron chi connectivity index (χ0n) is 22.2. The summed E-state index contributed by atoms with van der Waals surface area (Å²) in [6.07, 6.45) is -2.67. The normalized spacial score (nSPS) is 34.3. The molecule has 0 saturated carbocycles. The number of esters is 2. The minimum absolute atomic E-state index is 0.00620. The van der Waals surface area contributed by atoms with Crippen molar-refractivity contribution in [1.29, 1.82) is 0 Å². The second-order valence-electron chi connectivity index (χ2n) is 10.2. The molecule has 13 nitrogen and oxygen atoms in total. The van der Waals surface area contributed by atoms with Crippen molar-refractivity contribution in [3.63, 3.8) is 0 Å². The molecule has 4 saturated heterocycles. The van der Waals surface area contributed by atoms with E-state index >= 15 is 0 Å². The van der Waals surface area contributed by atoms with Crippen LogP contribution >= 0.6 is 0 Å². The van der Waals surface area contributed by atoms with E-state index in [2.05, 4.69) is 21.7 Å². The standard InChI is InChI=1S/C25H39N5O8/c1-3-20(31)4-5-22(32)26-14-21-16-28-8-12-29-10-6-27-7-11-30(13-9-28)18-24(34)38-25(36-21,35-19(2)15-27)37-23(33)17-29/h21H,2-18H2,1H3,(H,26,32). The predicted octanol–water partition coefficient (Wildman–Crippen LogP) is -1.26. The lowest BCUT2D eigenvalue weighted by Gasteiger charge is -2.36. The smallest absolute Gasteiger partial charge is 0.400 e. The van der Waals surface area contributed by atoms with Gasteiger partial charge in [0.2, 0.25) is 5.91 Å². The lowest BCUT2D eigenvalue weighted by atomic mass is 10.2. The minimum atomic E-state index is -2.49. The Morgan fingerprint density at radius 3 is 1.92 bits per heavy atom. The van der Waals surface area contributed by atoms with Crippen molar-refractivity contribution in [1.82, 2.24) is 24.9 Å². The van der Waals surface area contributed by atoms with E-state index in [9.17, 15) is 19.2 Å². The first kappa shape index (κ1) is 28.4. The van der Waals surface area contributed by atoms with Gasteiger partial charge in [-0.05, 0) is 0 Å². The fourth-order valence-electron chi connectivity index (χ4n) is 4.92. The molecular weight excluding hydrogens is 498 g/mol. The van der Waals surface area contributed by atoms with Gasteiger partial charge in [-0.25, -0.2) is 0 Å². The lowest BCUT2D eigenvalue weighted by Crippen LogP contribution is -2.53. The molecule has 4 fully saturated rings. The van der Waals surface area contributed by atoms with Gasteiger partial charge in [-0.3, -0.25) is 43.5 Å². The highest BCUT2D eigenvalue weighted by atomic mass is 17.0. The molecule has 4 rings (SSSR count). The maximum Gasteiger partial charge on any atom is 0.564 e. The van der Waals surface area contributed by atoms with Crippen LogP contribution in [0.25, 0.3) is 0 Å². The maximum absolute atomic E-state index is 13.1. The molecule has 1 N–H and O–H groups in total. The Kier molecular flexibility index (Phi) is 9.71. The summed E-state index contributed by atoms with van der Waals surface area (Å²) < 4.78 is 23.4. The molecule has 3 atom stereocenters. The van der Waals surface area contributed by atoms with Crippen LogP contribution in [0.2, 0.25) is 0 Å². The van der Waals surface area contributed by atoms with Gasteiger partial charge in [-0.15, -0.1) is 0 Å². The van der Waals surface area contributed by atoms with Crippen molar-refractivity contribution in [2.45, 2.75) is 38.4 Å². The van der Waals surface area contributed by atoms with E-state index in [1.807, 2.05) is 9.80 Å². The average molecular weight is 538 g/mol. The first-order valence-electron chi connectivity index (χ1n) is 13.4. The third kappa shape index (κ3) is 8.21. The number of rotatable bonds is 6. The molecular formula is C25H39N5O8. The van der Waals surface area contributed by atoms with Crippen LogP contribution in [-0.2, 0) is 38.1 Å². The highest BCUT2D eigenvalue weighted by molar-refractivity contribution is 5.84. The number of nitrogens with zero attached hydrogens (tertiary/aromatic N) is 4. The van der Waals surface area contributed by atoms with Crippen molar-refractivity contribution in [3.05, 3.63) is 12.3 Å². The van der Waals surface area contributed by atoms with Gasteiger partial charge < -0.3 is 19.5 Å². The molecule has 1 amide bonds. The molecule has 0 aliphatic carbocycles. The second kappa shape index (κ2) is 13.0. The third-order valence-electron chi connectivity index (χ3n) is 7.11. The van der Waals surface area contributed by atoms with Gasteiger partial charge in [0.1, 0.15) is 11.5 Å². The number of nitrogens with one attached hydrogen (secondary N) is 1. The molecule has 212 valence electrons. The Morgan fingerprint density at radius 2 is 1.37 bits per heavy atom. The summed E-state index contributed by atoms with van der Waals surface area (Å²) in [5.41, 5.74) is 0. The van der Waals surface area contributed by atoms with E-state index < -0.39 is 24.2 Å². The summed E-state index contributed by atoms with van der Waals surface area (Å²) in [5.74, 6) is -1.41. The molecule has 13 heteroatoms. The van der Waals surface area contributed by atoms with Gasteiger partial charge in [0.15, 0.2) is 0 Å². The molecule has 0 aromatic carbocycles. The highest BCUT2D eigenvalue weighted by Crippen LogP contribution is 2.27. The van der Waals surface area contributed by atoms with Crippen LogP contribution in [0.4, 0.5) is 0 Å². The molecule has 4 aliphatic rings. The van der Waals surface area contributed by atoms with Gasteiger partial charge in [0.05, 0.1) is 25.7 Å². The average Bonchev–Trinajstić information content (AvgIpc) is 2.91. The van der Waals surface area contributed by atoms with Crippen LogP contribution < -0.4 is 5.32 Å². The van der Waals surface area contributed by atoms with Crippen molar-refractivity contribution < 1.29 is 38.1 Å². The first-order valence-corrected chi connectivity index (χ1v) is 13.4. The fourth-order valence-corrected chi connectivity index (χ4v) is 4.92. The van der Waals surface area contributed by atoms with Gasteiger partial charge in [-0.1, -0.05) is 13.5 Å². The van der Waals surface area contributed by atoms with Gasteiger partial charge >= 0.3 is 18.1 Å². The zero-order valence-corrected chi connectivity index (χ0v) is 22.2. The molecule has 38 heavy (non-hydrogen) atoms. The molecule has 1 spiro atoms. The quantitative estimate of drug-likeness (QED) is 0.406. The molecule has 0 aromatic heterocycles. The van der Waals surface area contributed by atoms with E-state index in [0.717, 1.165) is 0 Å². The predicted molar refractivity (Wildman–Crippen MR) is 133 cm³/mol. The molecule has 0 radical (unpaired) electrons. The lowest BCUT2D eigenvalue weighted by molar-refractivity contribution is -0.465. The first-order chi connectivity index (χ1) is 18.2. The second-order valence-corrected chi connectivity index (χ2v) is 10.2. The number of hydrogen-bond donors (Lipinski definition) is 1. The topological polar surface area (TPSA) is 130 Å². The van der Waals surface area contributed by atoms with Crippen LogP contribution in [0.15, 0.2) is 12.3 Å². The molecule has 0 aromatic rings. The zero-order chi connectivity index (χ0) is 27.1. The fraction of sp³-hybridized carbons (Fsp3) is 0.760. The highest BCUT2D eigenvalue weighted by Gasteiger charge is 2.49. The van der Waals surface area contributed by atoms with Gasteiger partial charge in [0, 0.05) is 84.7 Å². The number of carbonyl (C=O) groups excluding carboxylic acids is 4. The number of hydrogen-bond acceptors (Lipinski definition) is 12. The maximum atomic E-state index is 13.1. The van der Waals surface area contributed by atoms with E-state index in [-0.39, 0.29) is 49.9 Å². The summed E-state index contributed by atoms with van der Waals surface area (Å²) >= 11 is 0. The number of fused-ring (bicyclic) bond motifs is 12. The third-order valence-corrected chi connectivity index (χ3v) is 7.11. The summed E-state index contributed by atoms with van der Waals surface area (Å²) in [6, 6.07) is 0. The molecule has 3 unspecified atom stereocenters. The summed E-state index contributed by atoms with van der Waals surface area (Å²) in [4.78, 5) is 58.7. The van der Waals surface area contributed by atoms with E-state index in [4.69, 9.17) is 18.9 Å². The number of Topliss-reactive ketones (excluding diaryl/α,β-unsaturated/α-hetero) is 1. The van der Waals surface area contributed by atoms with Crippen molar-refractivity contribution in [3.8, 4) is 0 Å². The van der Waals surface area contributed by atoms with Crippen molar-refractivity contribution in [2.24, 2.45) is 0 Å². The van der Waals surface area contributed by atoms with Crippen LogP contribution in [0, 0.1) is 0 Å². The van der Waals surface area contributed by atoms with Gasteiger partial charge in [0.25, 0.3) is 0 Å². The summed E-state index contributed by atoms with van der Waals surface area (Å²) in [5, 5.41) is 2.81. The van der Waals surface area contributed by atoms with E-state index in [1.54, 1.807) is 6.92 Å². The SMILES string of the molecule is C=C1CN2CCN3CCN4CCN(CC2)CC(=O)OC(O1)(OC(=O)C3)OC(CNC(=O)CCC(=O)CC)C4. The van der Waals surface area contributed by atoms with E-state index in [0.29, 0.717) is 71.9 Å². The molecule has 4 aliphatic heterocycles. The monoisotopic (exact) mass is 537 g/mol. The minimum Gasteiger partial charge on any atom is -0.400 e. The Balaban J connectivity index is 1.67. The summed E-state index contributed by atoms with van der Waals surface area (Å²) in [7, 11) is 0. The number of ketones is 1. The Labute approximate surface area is 222 Å². The number of amides is 1. The van der Waals surface area contributed by atoms with Crippen LogP contribution in [-0.4, -0.2) is 141 Å². The molecule has 5 bridgehead atoms. The largest absolute Gasteiger partial charge is 0.564 e. The van der Waals surface area contributed by atoms with E-state index in [1.165, 1.54) is 0 Å². The number of ether oxygens (including phenoxy) is 4. The van der Waals surface area contributed by atoms with Crippen LogP contribution in [0.1, 0.15) is 26.2 Å². The Bertz CT molecular complexity index is 853.